The van der Waals surface area contributed by atoms with Gasteiger partial charge in [-0.25, -0.2) is 4.39 Å². The maximum atomic E-state index is 13.7. The van der Waals surface area contributed by atoms with Gasteiger partial charge in [-0.05, 0) is 44.2 Å². The van der Waals surface area contributed by atoms with E-state index in [0.29, 0.717) is 22.6 Å². The Morgan fingerprint density at radius 1 is 1.08 bits per heavy atom. The zero-order valence-corrected chi connectivity index (χ0v) is 15.7. The highest BCUT2D eigenvalue weighted by Crippen LogP contribution is 2.25. The van der Waals surface area contributed by atoms with Crippen LogP contribution in [0.5, 0.6) is 11.8 Å². The Morgan fingerprint density at radius 3 is 2.42 bits per heavy atom. The number of hydrogen-bond donors (Lipinski definition) is 1. The molecule has 0 saturated heterocycles. The van der Waals surface area contributed by atoms with Gasteiger partial charge in [-0.15, -0.1) is 0 Å². The molecule has 3 rings (SSSR count). The van der Waals surface area contributed by atoms with Crippen molar-refractivity contribution in [1.29, 1.82) is 0 Å². The number of halogens is 2. The molecule has 0 fully saturated rings. The number of carbonyl (C=O) groups excluding carboxylic acids is 1. The standard InChI is InChI=1S/C19H15BrFN3O2/c1-11-17(24-18(25)13-6-5-7-14(20)10-13)12(2)23-19(22-11)26-16-9-4-3-8-15(16)21/h3-10H,1-2H3,(H,24,25). The highest BCUT2D eigenvalue weighted by atomic mass is 79.9. The Hall–Kier alpha value is -2.80. The van der Waals surface area contributed by atoms with Crippen LogP contribution in [0.15, 0.2) is 53.0 Å². The summed E-state index contributed by atoms with van der Waals surface area (Å²) in [5.74, 6) is -0.737. The molecule has 0 atom stereocenters. The molecule has 26 heavy (non-hydrogen) atoms. The average molecular weight is 416 g/mol. The number of aryl methyl sites for hydroxylation is 2. The lowest BCUT2D eigenvalue weighted by atomic mass is 10.2. The van der Waals surface area contributed by atoms with Gasteiger partial charge in [0.15, 0.2) is 11.6 Å². The fraction of sp³-hybridized carbons (Fsp3) is 0.105. The second-order valence-corrected chi connectivity index (χ2v) is 6.46. The topological polar surface area (TPSA) is 64.1 Å². The van der Waals surface area contributed by atoms with Gasteiger partial charge in [0.1, 0.15) is 0 Å². The summed E-state index contributed by atoms with van der Waals surface area (Å²) in [5, 5.41) is 2.81. The molecule has 132 valence electrons. The highest BCUT2D eigenvalue weighted by Gasteiger charge is 2.15. The summed E-state index contributed by atoms with van der Waals surface area (Å²) >= 11 is 3.34. The van der Waals surface area contributed by atoms with Crippen LogP contribution in [0, 0.1) is 19.7 Å². The summed E-state index contributed by atoms with van der Waals surface area (Å²) < 4.78 is 19.9. The lowest BCUT2D eigenvalue weighted by Gasteiger charge is -2.13. The van der Waals surface area contributed by atoms with Gasteiger partial charge in [-0.2, -0.15) is 9.97 Å². The SMILES string of the molecule is Cc1nc(Oc2ccccc2F)nc(C)c1NC(=O)c1cccc(Br)c1. The second-order valence-electron chi connectivity index (χ2n) is 5.55. The highest BCUT2D eigenvalue weighted by molar-refractivity contribution is 9.10. The van der Waals surface area contributed by atoms with E-state index >= 15 is 0 Å². The van der Waals surface area contributed by atoms with Gasteiger partial charge in [0.2, 0.25) is 0 Å². The maximum Gasteiger partial charge on any atom is 0.322 e. The number of carbonyl (C=O) groups is 1. The van der Waals surface area contributed by atoms with Crippen LogP contribution in [0.4, 0.5) is 10.1 Å². The van der Waals surface area contributed by atoms with Gasteiger partial charge in [-0.3, -0.25) is 4.79 Å². The van der Waals surface area contributed by atoms with E-state index < -0.39 is 5.82 Å². The molecule has 1 amide bonds. The molecule has 0 aliphatic heterocycles. The zero-order valence-electron chi connectivity index (χ0n) is 14.1. The van der Waals surface area contributed by atoms with Crippen LogP contribution < -0.4 is 10.1 Å². The van der Waals surface area contributed by atoms with E-state index in [9.17, 15) is 9.18 Å². The predicted molar refractivity (Wildman–Crippen MR) is 100 cm³/mol. The molecular weight excluding hydrogens is 401 g/mol. The van der Waals surface area contributed by atoms with Gasteiger partial charge in [-0.1, -0.05) is 34.1 Å². The number of benzene rings is 2. The van der Waals surface area contributed by atoms with Crippen molar-refractivity contribution in [1.82, 2.24) is 9.97 Å². The number of nitrogens with one attached hydrogen (secondary N) is 1. The molecule has 0 saturated carbocycles. The van der Waals surface area contributed by atoms with E-state index in [1.165, 1.54) is 12.1 Å². The lowest BCUT2D eigenvalue weighted by Crippen LogP contribution is -2.15. The Kier molecular flexibility index (Phi) is 5.27. The molecule has 0 radical (unpaired) electrons. The Labute approximate surface area is 158 Å². The molecule has 1 N–H and O–H groups in total. The molecule has 0 unspecified atom stereocenters. The minimum absolute atomic E-state index is 0.0190. The Morgan fingerprint density at radius 2 is 1.77 bits per heavy atom. The minimum atomic E-state index is -0.501. The zero-order chi connectivity index (χ0) is 18.7. The second kappa shape index (κ2) is 7.61. The molecule has 0 spiro atoms. The monoisotopic (exact) mass is 415 g/mol. The van der Waals surface area contributed by atoms with Crippen molar-refractivity contribution < 1.29 is 13.9 Å². The van der Waals surface area contributed by atoms with Crippen molar-refractivity contribution >= 4 is 27.5 Å². The summed E-state index contributed by atoms with van der Waals surface area (Å²) in [4.78, 5) is 20.8. The third-order valence-corrected chi connectivity index (χ3v) is 4.11. The first-order valence-electron chi connectivity index (χ1n) is 7.78. The van der Waals surface area contributed by atoms with Crippen molar-refractivity contribution in [2.24, 2.45) is 0 Å². The minimum Gasteiger partial charge on any atom is -0.421 e. The van der Waals surface area contributed by atoms with Gasteiger partial charge in [0.25, 0.3) is 5.91 Å². The molecule has 2 aromatic carbocycles. The molecule has 0 aliphatic rings. The number of rotatable bonds is 4. The van der Waals surface area contributed by atoms with Crippen LogP contribution in [0.3, 0.4) is 0 Å². The smallest absolute Gasteiger partial charge is 0.322 e. The van der Waals surface area contributed by atoms with E-state index in [1.54, 1.807) is 44.2 Å². The summed E-state index contributed by atoms with van der Waals surface area (Å²) in [6, 6.07) is 13.1. The van der Waals surface area contributed by atoms with Gasteiger partial charge < -0.3 is 10.1 Å². The fourth-order valence-corrected chi connectivity index (χ4v) is 2.75. The van der Waals surface area contributed by atoms with E-state index in [1.807, 2.05) is 6.07 Å². The fourth-order valence-electron chi connectivity index (χ4n) is 2.35. The first-order chi connectivity index (χ1) is 12.4. The van der Waals surface area contributed by atoms with Crippen molar-refractivity contribution in [2.45, 2.75) is 13.8 Å². The van der Waals surface area contributed by atoms with E-state index in [2.05, 4.69) is 31.2 Å². The number of hydrogen-bond acceptors (Lipinski definition) is 4. The number of aromatic nitrogens is 2. The first-order valence-corrected chi connectivity index (χ1v) is 8.58. The molecular formula is C19H15BrFN3O2. The van der Waals surface area contributed by atoms with E-state index in [-0.39, 0.29) is 17.7 Å². The Balaban J connectivity index is 1.83. The van der Waals surface area contributed by atoms with Gasteiger partial charge in [0.05, 0.1) is 17.1 Å². The first kappa shape index (κ1) is 18.0. The van der Waals surface area contributed by atoms with Gasteiger partial charge >= 0.3 is 6.01 Å². The number of para-hydroxylation sites is 1. The molecule has 1 aromatic heterocycles. The molecule has 0 aliphatic carbocycles. The van der Waals surface area contributed by atoms with Crippen LogP contribution in [0.25, 0.3) is 0 Å². The largest absolute Gasteiger partial charge is 0.421 e. The summed E-state index contributed by atoms with van der Waals surface area (Å²) in [6.07, 6.45) is 0. The number of anilines is 1. The number of nitrogens with zero attached hydrogens (tertiary/aromatic N) is 2. The van der Waals surface area contributed by atoms with Crippen molar-refractivity contribution in [3.05, 3.63) is 75.8 Å². The maximum absolute atomic E-state index is 13.7. The van der Waals surface area contributed by atoms with E-state index in [4.69, 9.17) is 4.74 Å². The molecule has 7 heteroatoms. The van der Waals surface area contributed by atoms with Crippen LogP contribution >= 0.6 is 15.9 Å². The summed E-state index contributed by atoms with van der Waals surface area (Å²) in [5.41, 5.74) is 2.04. The molecule has 1 heterocycles. The van der Waals surface area contributed by atoms with Crippen LogP contribution in [0.1, 0.15) is 21.7 Å². The van der Waals surface area contributed by atoms with Crippen molar-refractivity contribution in [3.8, 4) is 11.8 Å². The predicted octanol–water partition coefficient (Wildman–Crippen LogP) is 5.04. The molecule has 0 bridgehead atoms. The average Bonchev–Trinajstić information content (AvgIpc) is 2.60. The van der Waals surface area contributed by atoms with E-state index in [0.717, 1.165) is 4.47 Å². The summed E-state index contributed by atoms with van der Waals surface area (Å²) in [7, 11) is 0. The Bertz CT molecular complexity index is 955. The van der Waals surface area contributed by atoms with Crippen LogP contribution in [-0.4, -0.2) is 15.9 Å². The molecule has 3 aromatic rings. The van der Waals surface area contributed by atoms with Crippen LogP contribution in [0.2, 0.25) is 0 Å². The quantitative estimate of drug-likeness (QED) is 0.647. The number of ether oxygens (including phenoxy) is 1. The third-order valence-electron chi connectivity index (χ3n) is 3.61. The normalized spacial score (nSPS) is 10.5. The number of amides is 1. The summed E-state index contributed by atoms with van der Waals surface area (Å²) in [6.45, 7) is 3.44. The van der Waals surface area contributed by atoms with Crippen molar-refractivity contribution in [2.75, 3.05) is 5.32 Å². The van der Waals surface area contributed by atoms with Crippen LogP contribution in [-0.2, 0) is 0 Å². The third kappa shape index (κ3) is 4.05. The van der Waals surface area contributed by atoms with Gasteiger partial charge in [0, 0.05) is 10.0 Å². The lowest BCUT2D eigenvalue weighted by molar-refractivity contribution is 0.102. The van der Waals surface area contributed by atoms with Crippen molar-refractivity contribution in [3.63, 3.8) is 0 Å². The molecule has 5 nitrogen and oxygen atoms in total.